The van der Waals surface area contributed by atoms with Gasteiger partial charge in [0.25, 0.3) is 0 Å². The molecule has 0 aliphatic heterocycles. The highest BCUT2D eigenvalue weighted by molar-refractivity contribution is 6.43. The van der Waals surface area contributed by atoms with E-state index in [0.29, 0.717) is 10.0 Å². The smallest absolute Gasteiger partial charge is 0.0647 e. The maximum absolute atomic E-state index is 6.20. The van der Waals surface area contributed by atoms with E-state index in [1.54, 1.807) is 0 Å². The molecule has 1 aliphatic carbocycles. The van der Waals surface area contributed by atoms with E-state index < -0.39 is 0 Å². The highest BCUT2D eigenvalue weighted by Gasteiger charge is 2.24. The molecule has 4 heteroatoms. The standard InChI is InChI=1S/C11H10Cl2N2/c12-6-3-8-9-5(4-15-8)1-2-7(14)10(9)11(6)13/h3-4,7,15H,1-2,14H2. The van der Waals surface area contributed by atoms with Crippen LogP contribution in [0.5, 0.6) is 0 Å². The van der Waals surface area contributed by atoms with E-state index in [1.807, 2.05) is 12.3 Å². The number of benzene rings is 1. The van der Waals surface area contributed by atoms with Gasteiger partial charge in [-0.15, -0.1) is 0 Å². The Balaban J connectivity index is 2.50. The van der Waals surface area contributed by atoms with Gasteiger partial charge in [0.05, 0.1) is 10.0 Å². The number of aromatic amines is 1. The van der Waals surface area contributed by atoms with Crippen molar-refractivity contribution in [3.05, 3.63) is 33.4 Å². The predicted octanol–water partition coefficient (Wildman–Crippen LogP) is 3.42. The average molecular weight is 241 g/mol. The fourth-order valence-electron chi connectivity index (χ4n) is 2.34. The zero-order chi connectivity index (χ0) is 10.6. The summed E-state index contributed by atoms with van der Waals surface area (Å²) in [5.74, 6) is 0. The summed E-state index contributed by atoms with van der Waals surface area (Å²) in [5, 5.41) is 2.35. The molecule has 0 spiro atoms. The molecule has 0 saturated heterocycles. The lowest BCUT2D eigenvalue weighted by atomic mass is 9.89. The molecule has 0 amide bonds. The summed E-state index contributed by atoms with van der Waals surface area (Å²) in [6.07, 6.45) is 3.96. The van der Waals surface area contributed by atoms with Crippen LogP contribution in [0.3, 0.4) is 0 Å². The number of rotatable bonds is 0. The van der Waals surface area contributed by atoms with Gasteiger partial charge in [-0.05, 0) is 30.0 Å². The molecular weight excluding hydrogens is 231 g/mol. The average Bonchev–Trinajstić information content (AvgIpc) is 2.60. The van der Waals surface area contributed by atoms with E-state index in [-0.39, 0.29) is 6.04 Å². The van der Waals surface area contributed by atoms with Gasteiger partial charge < -0.3 is 10.7 Å². The Morgan fingerprint density at radius 3 is 3.00 bits per heavy atom. The molecule has 1 aromatic carbocycles. The van der Waals surface area contributed by atoms with E-state index in [9.17, 15) is 0 Å². The molecule has 2 aromatic rings. The molecular formula is C11H10Cl2N2. The monoisotopic (exact) mass is 240 g/mol. The second kappa shape index (κ2) is 3.14. The molecule has 1 aliphatic rings. The largest absolute Gasteiger partial charge is 0.361 e. The van der Waals surface area contributed by atoms with Crippen molar-refractivity contribution in [3.8, 4) is 0 Å². The molecule has 0 saturated carbocycles. The van der Waals surface area contributed by atoms with Gasteiger partial charge in [-0.3, -0.25) is 0 Å². The van der Waals surface area contributed by atoms with Crippen LogP contribution in [0, 0.1) is 0 Å². The number of halogens is 2. The summed E-state index contributed by atoms with van der Waals surface area (Å²) in [7, 11) is 0. The number of hydrogen-bond donors (Lipinski definition) is 2. The molecule has 78 valence electrons. The summed E-state index contributed by atoms with van der Waals surface area (Å²) in [5.41, 5.74) is 9.40. The fourth-order valence-corrected chi connectivity index (χ4v) is 2.84. The van der Waals surface area contributed by atoms with Gasteiger partial charge in [0, 0.05) is 23.1 Å². The summed E-state index contributed by atoms with van der Waals surface area (Å²) in [6.45, 7) is 0. The summed E-state index contributed by atoms with van der Waals surface area (Å²) in [6, 6.07) is 1.87. The number of hydrogen-bond acceptors (Lipinski definition) is 1. The van der Waals surface area contributed by atoms with Gasteiger partial charge in [0.2, 0.25) is 0 Å². The molecule has 3 N–H and O–H groups in total. The van der Waals surface area contributed by atoms with Crippen LogP contribution >= 0.6 is 23.2 Å². The van der Waals surface area contributed by atoms with Crippen molar-refractivity contribution >= 4 is 34.1 Å². The zero-order valence-corrected chi connectivity index (χ0v) is 9.49. The Bertz CT molecular complexity index is 545. The lowest BCUT2D eigenvalue weighted by Gasteiger charge is -2.21. The molecule has 1 unspecified atom stereocenters. The molecule has 3 rings (SSSR count). The van der Waals surface area contributed by atoms with Gasteiger partial charge in [0.15, 0.2) is 0 Å². The molecule has 15 heavy (non-hydrogen) atoms. The van der Waals surface area contributed by atoms with E-state index in [0.717, 1.165) is 23.9 Å². The van der Waals surface area contributed by atoms with E-state index >= 15 is 0 Å². The van der Waals surface area contributed by atoms with Crippen LogP contribution in [0.4, 0.5) is 0 Å². The van der Waals surface area contributed by atoms with Gasteiger partial charge in [-0.25, -0.2) is 0 Å². The number of H-pyrrole nitrogens is 1. The Kier molecular flexibility index (Phi) is 2.00. The number of aryl methyl sites for hydroxylation is 1. The number of nitrogens with one attached hydrogen (secondary N) is 1. The van der Waals surface area contributed by atoms with Crippen LogP contribution in [0.1, 0.15) is 23.6 Å². The molecule has 2 nitrogen and oxygen atoms in total. The first-order valence-corrected chi connectivity index (χ1v) is 5.67. The predicted molar refractivity (Wildman–Crippen MR) is 63.6 cm³/mol. The van der Waals surface area contributed by atoms with E-state index in [1.165, 1.54) is 10.9 Å². The van der Waals surface area contributed by atoms with Crippen LogP contribution in [-0.4, -0.2) is 4.98 Å². The van der Waals surface area contributed by atoms with Gasteiger partial charge >= 0.3 is 0 Å². The van der Waals surface area contributed by atoms with Gasteiger partial charge in [-0.1, -0.05) is 23.2 Å². The van der Waals surface area contributed by atoms with Crippen LogP contribution in [0.2, 0.25) is 10.0 Å². The van der Waals surface area contributed by atoms with Crippen molar-refractivity contribution < 1.29 is 0 Å². The van der Waals surface area contributed by atoms with Crippen LogP contribution in [0.15, 0.2) is 12.3 Å². The molecule has 0 fully saturated rings. The normalized spacial score (nSPS) is 19.8. The second-order valence-corrected chi connectivity index (χ2v) is 4.75. The quantitative estimate of drug-likeness (QED) is 0.729. The summed E-state index contributed by atoms with van der Waals surface area (Å²) in [4.78, 5) is 3.21. The molecule has 1 heterocycles. The van der Waals surface area contributed by atoms with E-state index in [2.05, 4.69) is 4.98 Å². The topological polar surface area (TPSA) is 41.8 Å². The molecule has 1 aromatic heterocycles. The minimum atomic E-state index is 0.00185. The van der Waals surface area contributed by atoms with Crippen molar-refractivity contribution in [1.29, 1.82) is 0 Å². The maximum Gasteiger partial charge on any atom is 0.0647 e. The number of aromatic nitrogens is 1. The molecule has 0 radical (unpaired) electrons. The van der Waals surface area contributed by atoms with Crippen LogP contribution in [-0.2, 0) is 6.42 Å². The maximum atomic E-state index is 6.20. The Hall–Kier alpha value is -0.700. The first-order chi connectivity index (χ1) is 7.18. The van der Waals surface area contributed by atoms with Crippen molar-refractivity contribution in [2.45, 2.75) is 18.9 Å². The summed E-state index contributed by atoms with van der Waals surface area (Å²) >= 11 is 12.3. The Labute approximate surface area is 97.4 Å². The van der Waals surface area contributed by atoms with Gasteiger partial charge in [-0.2, -0.15) is 0 Å². The van der Waals surface area contributed by atoms with Crippen molar-refractivity contribution in [2.24, 2.45) is 5.73 Å². The first kappa shape index (κ1) is 9.52. The third-order valence-electron chi connectivity index (χ3n) is 3.07. The van der Waals surface area contributed by atoms with Crippen molar-refractivity contribution in [1.82, 2.24) is 4.98 Å². The zero-order valence-electron chi connectivity index (χ0n) is 7.98. The minimum absolute atomic E-state index is 0.00185. The fraction of sp³-hybridized carbons (Fsp3) is 0.273. The van der Waals surface area contributed by atoms with Crippen LogP contribution < -0.4 is 5.73 Å². The highest BCUT2D eigenvalue weighted by Crippen LogP contribution is 2.41. The van der Waals surface area contributed by atoms with Crippen molar-refractivity contribution in [2.75, 3.05) is 0 Å². The van der Waals surface area contributed by atoms with Crippen molar-refractivity contribution in [3.63, 3.8) is 0 Å². The highest BCUT2D eigenvalue weighted by atomic mass is 35.5. The Morgan fingerprint density at radius 1 is 1.40 bits per heavy atom. The lowest BCUT2D eigenvalue weighted by molar-refractivity contribution is 0.644. The van der Waals surface area contributed by atoms with Gasteiger partial charge in [0.1, 0.15) is 0 Å². The Morgan fingerprint density at radius 2 is 2.20 bits per heavy atom. The van der Waals surface area contributed by atoms with Crippen LogP contribution in [0.25, 0.3) is 10.9 Å². The third kappa shape index (κ3) is 1.22. The van der Waals surface area contributed by atoms with E-state index in [4.69, 9.17) is 28.9 Å². The molecule has 1 atom stereocenters. The lowest BCUT2D eigenvalue weighted by Crippen LogP contribution is -2.16. The summed E-state index contributed by atoms with van der Waals surface area (Å²) < 4.78 is 0. The second-order valence-electron chi connectivity index (χ2n) is 3.97. The third-order valence-corrected chi connectivity index (χ3v) is 3.88. The SMILES string of the molecule is NC1CCc2c[nH]c3cc(Cl)c(Cl)c1c23. The molecule has 0 bridgehead atoms. The number of nitrogens with two attached hydrogens (primary N) is 1. The first-order valence-electron chi connectivity index (χ1n) is 4.92. The minimum Gasteiger partial charge on any atom is -0.361 e.